The molecule has 1 rings (SSSR count). The van der Waals surface area contributed by atoms with Crippen molar-refractivity contribution in [2.24, 2.45) is 0 Å². The number of aryl methyl sites for hydroxylation is 1. The van der Waals surface area contributed by atoms with Crippen LogP contribution in [0.4, 0.5) is 0 Å². The molecule has 0 heterocycles. The summed E-state index contributed by atoms with van der Waals surface area (Å²) in [6.45, 7) is 5.22. The number of benzene rings is 1. The third-order valence-corrected chi connectivity index (χ3v) is 2.92. The van der Waals surface area contributed by atoms with Gasteiger partial charge >= 0.3 is 0 Å². The molecule has 0 bridgehead atoms. The van der Waals surface area contributed by atoms with Crippen molar-refractivity contribution in [3.8, 4) is 5.75 Å². The average molecular weight is 236 g/mol. The molecule has 3 nitrogen and oxygen atoms in total. The molecule has 1 N–H and O–H groups in total. The molecule has 0 atom stereocenters. The lowest BCUT2D eigenvalue weighted by Crippen LogP contribution is -2.26. The van der Waals surface area contributed by atoms with Crippen LogP contribution in [-0.2, 0) is 13.0 Å². The van der Waals surface area contributed by atoms with E-state index in [0.717, 1.165) is 31.8 Å². The number of rotatable bonds is 7. The van der Waals surface area contributed by atoms with E-state index in [-0.39, 0.29) is 0 Å². The molecule has 0 saturated carbocycles. The number of hydrogen-bond acceptors (Lipinski definition) is 3. The second-order valence-corrected chi connectivity index (χ2v) is 4.34. The summed E-state index contributed by atoms with van der Waals surface area (Å²) in [6.07, 6.45) is 1.01. The Bertz CT molecular complexity index is 339. The van der Waals surface area contributed by atoms with E-state index in [4.69, 9.17) is 4.74 Å². The summed E-state index contributed by atoms with van der Waals surface area (Å²) in [6, 6.07) is 6.46. The molecule has 1 aromatic carbocycles. The second-order valence-electron chi connectivity index (χ2n) is 4.34. The molecule has 0 fully saturated rings. The fraction of sp³-hybridized carbons (Fsp3) is 0.571. The Morgan fingerprint density at radius 2 is 2.12 bits per heavy atom. The maximum absolute atomic E-state index is 5.34. The fourth-order valence-electron chi connectivity index (χ4n) is 1.90. The SMILES string of the molecule is CCc1cc(CN(C)CCNC)ccc1OC. The molecule has 0 unspecified atom stereocenters. The summed E-state index contributed by atoms with van der Waals surface area (Å²) < 4.78 is 5.34. The molecule has 0 spiro atoms. The quantitative estimate of drug-likeness (QED) is 0.782. The maximum Gasteiger partial charge on any atom is 0.122 e. The smallest absolute Gasteiger partial charge is 0.122 e. The van der Waals surface area contributed by atoms with Crippen molar-refractivity contribution >= 4 is 0 Å². The highest BCUT2D eigenvalue weighted by Gasteiger charge is 2.04. The Morgan fingerprint density at radius 1 is 1.35 bits per heavy atom. The molecule has 0 aromatic heterocycles. The van der Waals surface area contributed by atoms with Crippen LogP contribution in [0.1, 0.15) is 18.1 Å². The number of hydrogen-bond donors (Lipinski definition) is 1. The summed E-state index contributed by atoms with van der Waals surface area (Å²) in [7, 11) is 5.86. The van der Waals surface area contributed by atoms with Gasteiger partial charge in [0.15, 0.2) is 0 Å². The first-order valence-electron chi connectivity index (χ1n) is 6.20. The van der Waals surface area contributed by atoms with E-state index in [0.29, 0.717) is 0 Å². The van der Waals surface area contributed by atoms with Gasteiger partial charge in [-0.05, 0) is 37.7 Å². The lowest BCUT2D eigenvalue weighted by molar-refractivity contribution is 0.327. The number of ether oxygens (including phenoxy) is 1. The summed E-state index contributed by atoms with van der Waals surface area (Å²) >= 11 is 0. The van der Waals surface area contributed by atoms with E-state index in [1.54, 1.807) is 7.11 Å². The summed E-state index contributed by atoms with van der Waals surface area (Å²) in [5, 5.41) is 3.16. The van der Waals surface area contributed by atoms with Crippen molar-refractivity contribution in [3.63, 3.8) is 0 Å². The van der Waals surface area contributed by atoms with Crippen LogP contribution in [0.25, 0.3) is 0 Å². The predicted octanol–water partition coefficient (Wildman–Crippen LogP) is 1.91. The van der Waals surface area contributed by atoms with E-state index in [1.807, 2.05) is 7.05 Å². The molecular formula is C14H24N2O. The highest BCUT2D eigenvalue weighted by atomic mass is 16.5. The van der Waals surface area contributed by atoms with Crippen molar-refractivity contribution in [1.29, 1.82) is 0 Å². The van der Waals surface area contributed by atoms with Crippen LogP contribution in [0, 0.1) is 0 Å². The first-order chi connectivity index (χ1) is 8.21. The van der Waals surface area contributed by atoms with Crippen molar-refractivity contribution in [3.05, 3.63) is 29.3 Å². The zero-order valence-electron chi connectivity index (χ0n) is 11.4. The molecule has 3 heteroatoms. The first kappa shape index (κ1) is 14.0. The highest BCUT2D eigenvalue weighted by Crippen LogP contribution is 2.20. The minimum Gasteiger partial charge on any atom is -0.496 e. The summed E-state index contributed by atoms with van der Waals surface area (Å²) in [4.78, 5) is 2.32. The van der Waals surface area contributed by atoms with Gasteiger partial charge in [-0.25, -0.2) is 0 Å². The molecule has 0 amide bonds. The predicted molar refractivity (Wildman–Crippen MR) is 72.6 cm³/mol. The van der Waals surface area contributed by atoms with Gasteiger partial charge in [-0.3, -0.25) is 0 Å². The van der Waals surface area contributed by atoms with Gasteiger partial charge in [-0.15, -0.1) is 0 Å². The molecule has 96 valence electrons. The first-order valence-corrected chi connectivity index (χ1v) is 6.20. The fourth-order valence-corrected chi connectivity index (χ4v) is 1.90. The zero-order chi connectivity index (χ0) is 12.7. The molecule has 0 radical (unpaired) electrons. The number of methoxy groups -OCH3 is 1. The molecule has 0 aliphatic rings. The van der Waals surface area contributed by atoms with Gasteiger partial charge in [0.2, 0.25) is 0 Å². The summed E-state index contributed by atoms with van der Waals surface area (Å²) in [5.41, 5.74) is 2.63. The third kappa shape index (κ3) is 4.36. The maximum atomic E-state index is 5.34. The van der Waals surface area contributed by atoms with Crippen LogP contribution in [0.5, 0.6) is 5.75 Å². The Morgan fingerprint density at radius 3 is 2.71 bits per heavy atom. The normalized spacial score (nSPS) is 10.9. The standard InChI is InChI=1S/C14H24N2O/c1-5-13-10-12(6-7-14(13)17-4)11-16(3)9-8-15-2/h6-7,10,15H,5,8-9,11H2,1-4H3. The number of nitrogens with zero attached hydrogens (tertiary/aromatic N) is 1. The highest BCUT2D eigenvalue weighted by molar-refractivity contribution is 5.37. The van der Waals surface area contributed by atoms with Crippen LogP contribution in [0.3, 0.4) is 0 Å². The Balaban J connectivity index is 2.65. The third-order valence-electron chi connectivity index (χ3n) is 2.92. The Labute approximate surface area is 105 Å². The van der Waals surface area contributed by atoms with Gasteiger partial charge < -0.3 is 15.0 Å². The van der Waals surface area contributed by atoms with Crippen molar-refractivity contribution in [2.75, 3.05) is 34.3 Å². The minimum absolute atomic E-state index is 0.985. The summed E-state index contributed by atoms with van der Waals surface area (Å²) in [5.74, 6) is 0.995. The monoisotopic (exact) mass is 236 g/mol. The topological polar surface area (TPSA) is 24.5 Å². The molecule has 17 heavy (non-hydrogen) atoms. The number of likely N-dealkylation sites (N-methyl/N-ethyl adjacent to an activating group) is 2. The van der Waals surface area contributed by atoms with Crippen molar-refractivity contribution in [1.82, 2.24) is 10.2 Å². The lowest BCUT2D eigenvalue weighted by Gasteiger charge is -2.17. The van der Waals surface area contributed by atoms with E-state index in [9.17, 15) is 0 Å². The Hall–Kier alpha value is -1.06. The average Bonchev–Trinajstić information content (AvgIpc) is 2.36. The van der Waals surface area contributed by atoms with Crippen LogP contribution in [0.2, 0.25) is 0 Å². The van der Waals surface area contributed by atoms with Crippen LogP contribution in [0.15, 0.2) is 18.2 Å². The van der Waals surface area contributed by atoms with E-state index >= 15 is 0 Å². The van der Waals surface area contributed by atoms with Crippen molar-refractivity contribution in [2.45, 2.75) is 19.9 Å². The largest absolute Gasteiger partial charge is 0.496 e. The van der Waals surface area contributed by atoms with Crippen molar-refractivity contribution < 1.29 is 4.74 Å². The van der Waals surface area contributed by atoms with Crippen LogP contribution in [-0.4, -0.2) is 39.2 Å². The molecule has 0 saturated heterocycles. The van der Waals surface area contributed by atoms with Gasteiger partial charge in [0.25, 0.3) is 0 Å². The van der Waals surface area contributed by atoms with Crippen LogP contribution < -0.4 is 10.1 Å². The van der Waals surface area contributed by atoms with Gasteiger partial charge in [-0.2, -0.15) is 0 Å². The molecule has 0 aliphatic heterocycles. The Kier molecular flexibility index (Phi) is 6.01. The van der Waals surface area contributed by atoms with E-state index in [2.05, 4.69) is 42.4 Å². The lowest BCUT2D eigenvalue weighted by atomic mass is 10.1. The van der Waals surface area contributed by atoms with Gasteiger partial charge in [0, 0.05) is 19.6 Å². The number of nitrogens with one attached hydrogen (secondary N) is 1. The van der Waals surface area contributed by atoms with Gasteiger partial charge in [0.05, 0.1) is 7.11 Å². The molecular weight excluding hydrogens is 212 g/mol. The zero-order valence-corrected chi connectivity index (χ0v) is 11.4. The molecule has 1 aromatic rings. The van der Waals surface area contributed by atoms with E-state index < -0.39 is 0 Å². The van der Waals surface area contributed by atoms with Gasteiger partial charge in [0.1, 0.15) is 5.75 Å². The van der Waals surface area contributed by atoms with Gasteiger partial charge in [-0.1, -0.05) is 19.1 Å². The second kappa shape index (κ2) is 7.30. The van der Waals surface area contributed by atoms with Crippen LogP contribution >= 0.6 is 0 Å². The molecule has 0 aliphatic carbocycles. The minimum atomic E-state index is 0.985. The van der Waals surface area contributed by atoms with E-state index in [1.165, 1.54) is 11.1 Å².